The van der Waals surface area contributed by atoms with Gasteiger partial charge in [-0.25, -0.2) is 4.98 Å². The number of anilines is 3. The van der Waals surface area contributed by atoms with Crippen molar-refractivity contribution < 1.29 is 0 Å². The Morgan fingerprint density at radius 2 is 1.45 bits per heavy atom. The van der Waals surface area contributed by atoms with E-state index in [0.717, 1.165) is 31.0 Å². The van der Waals surface area contributed by atoms with Crippen molar-refractivity contribution >= 4 is 17.3 Å². The summed E-state index contributed by atoms with van der Waals surface area (Å²) in [5, 5.41) is 6.73. The maximum absolute atomic E-state index is 4.59. The molecule has 1 aromatic heterocycles. The quantitative estimate of drug-likeness (QED) is 0.817. The van der Waals surface area contributed by atoms with E-state index in [1.807, 2.05) is 18.2 Å². The highest BCUT2D eigenvalue weighted by Crippen LogP contribution is 2.26. The first-order valence-corrected chi connectivity index (χ1v) is 7.37. The Hall–Kier alpha value is -2.03. The van der Waals surface area contributed by atoms with Crippen LogP contribution in [0.25, 0.3) is 0 Å². The van der Waals surface area contributed by atoms with Gasteiger partial charge in [0, 0.05) is 12.2 Å². The predicted molar refractivity (Wildman–Crippen MR) is 86.9 cm³/mol. The molecule has 106 valence electrons. The predicted octanol–water partition coefficient (Wildman–Crippen LogP) is 4.38. The number of pyridine rings is 1. The Labute approximate surface area is 121 Å². The average Bonchev–Trinajstić information content (AvgIpc) is 2.48. The van der Waals surface area contributed by atoms with E-state index in [1.165, 1.54) is 16.8 Å². The van der Waals surface area contributed by atoms with E-state index in [0.29, 0.717) is 0 Å². The van der Waals surface area contributed by atoms with Crippen molar-refractivity contribution in [3.05, 3.63) is 47.5 Å². The van der Waals surface area contributed by atoms with Crippen LogP contribution in [-0.4, -0.2) is 11.5 Å². The normalized spacial score (nSPS) is 10.3. The summed E-state index contributed by atoms with van der Waals surface area (Å²) in [4.78, 5) is 4.59. The molecular formula is C17H23N3. The molecule has 3 nitrogen and oxygen atoms in total. The Kier molecular flexibility index (Phi) is 4.99. The summed E-state index contributed by atoms with van der Waals surface area (Å²) >= 11 is 0. The summed E-state index contributed by atoms with van der Waals surface area (Å²) in [6.07, 6.45) is 2.03. The van der Waals surface area contributed by atoms with Crippen molar-refractivity contribution in [2.24, 2.45) is 0 Å². The van der Waals surface area contributed by atoms with E-state index < -0.39 is 0 Å². The van der Waals surface area contributed by atoms with Crippen LogP contribution in [0.5, 0.6) is 0 Å². The third kappa shape index (κ3) is 3.29. The van der Waals surface area contributed by atoms with Crippen LogP contribution >= 0.6 is 0 Å². The van der Waals surface area contributed by atoms with E-state index in [9.17, 15) is 0 Å². The monoisotopic (exact) mass is 269 g/mol. The lowest BCUT2D eigenvalue weighted by Crippen LogP contribution is -2.04. The zero-order chi connectivity index (χ0) is 14.4. The molecule has 20 heavy (non-hydrogen) atoms. The Balaban J connectivity index is 2.31. The van der Waals surface area contributed by atoms with Crippen LogP contribution in [0.2, 0.25) is 0 Å². The maximum atomic E-state index is 4.59. The second-order valence-corrected chi connectivity index (χ2v) is 4.72. The molecule has 1 heterocycles. The number of hydrogen-bond donors (Lipinski definition) is 2. The molecule has 0 aliphatic rings. The molecule has 0 spiro atoms. The smallest absolute Gasteiger partial charge is 0.132 e. The highest BCUT2D eigenvalue weighted by molar-refractivity contribution is 5.66. The van der Waals surface area contributed by atoms with Gasteiger partial charge in [0.1, 0.15) is 11.6 Å². The summed E-state index contributed by atoms with van der Waals surface area (Å²) in [5.41, 5.74) is 3.87. The highest BCUT2D eigenvalue weighted by atomic mass is 15.1. The molecule has 0 saturated heterocycles. The molecule has 2 N–H and O–H groups in total. The van der Waals surface area contributed by atoms with Crippen molar-refractivity contribution in [2.45, 2.75) is 33.6 Å². The lowest BCUT2D eigenvalue weighted by molar-refractivity contribution is 1.08. The Bertz CT molecular complexity index is 542. The number of rotatable bonds is 6. The van der Waals surface area contributed by atoms with Crippen LogP contribution < -0.4 is 10.6 Å². The molecular weight excluding hydrogens is 246 g/mol. The van der Waals surface area contributed by atoms with Crippen molar-refractivity contribution in [1.82, 2.24) is 4.98 Å². The minimum atomic E-state index is 0.877. The van der Waals surface area contributed by atoms with E-state index in [4.69, 9.17) is 0 Å². The van der Waals surface area contributed by atoms with Crippen LogP contribution in [0.1, 0.15) is 31.9 Å². The molecule has 0 atom stereocenters. The third-order valence-electron chi connectivity index (χ3n) is 3.36. The number of aryl methyl sites for hydroxylation is 2. The minimum Gasteiger partial charge on any atom is -0.370 e. The standard InChI is InChI=1S/C17H23N3/c1-4-13-9-7-10-14(5-2)17(13)20-16-12-8-11-15(19-16)18-6-3/h7-12H,4-6H2,1-3H3,(H2,18,19,20). The molecule has 0 radical (unpaired) electrons. The van der Waals surface area contributed by atoms with Crippen molar-refractivity contribution in [2.75, 3.05) is 17.2 Å². The molecule has 0 amide bonds. The van der Waals surface area contributed by atoms with Crippen LogP contribution in [0.3, 0.4) is 0 Å². The molecule has 0 fully saturated rings. The molecule has 2 rings (SSSR count). The van der Waals surface area contributed by atoms with Crippen LogP contribution in [0.4, 0.5) is 17.3 Å². The van der Waals surface area contributed by atoms with E-state index in [-0.39, 0.29) is 0 Å². The maximum Gasteiger partial charge on any atom is 0.132 e. The van der Waals surface area contributed by atoms with Gasteiger partial charge in [-0.3, -0.25) is 0 Å². The summed E-state index contributed by atoms with van der Waals surface area (Å²) in [6.45, 7) is 7.32. The van der Waals surface area contributed by atoms with Crippen molar-refractivity contribution in [3.63, 3.8) is 0 Å². The minimum absolute atomic E-state index is 0.877. The first-order valence-electron chi connectivity index (χ1n) is 7.37. The SMILES string of the molecule is CCNc1cccc(Nc2c(CC)cccc2CC)n1. The topological polar surface area (TPSA) is 37.0 Å². The molecule has 0 saturated carbocycles. The number of hydrogen-bond acceptors (Lipinski definition) is 3. The molecule has 2 aromatic rings. The largest absolute Gasteiger partial charge is 0.370 e. The van der Waals surface area contributed by atoms with Gasteiger partial charge in [-0.2, -0.15) is 0 Å². The molecule has 0 aliphatic carbocycles. The van der Waals surface area contributed by atoms with Crippen LogP contribution in [0, 0.1) is 0 Å². The molecule has 0 unspecified atom stereocenters. The van der Waals surface area contributed by atoms with Crippen molar-refractivity contribution in [1.29, 1.82) is 0 Å². The number of para-hydroxylation sites is 1. The fourth-order valence-electron chi connectivity index (χ4n) is 2.32. The lowest BCUT2D eigenvalue weighted by atomic mass is 10.0. The van der Waals surface area contributed by atoms with E-state index in [1.54, 1.807) is 0 Å². The Morgan fingerprint density at radius 3 is 2.05 bits per heavy atom. The average molecular weight is 269 g/mol. The van der Waals surface area contributed by atoms with Gasteiger partial charge in [-0.15, -0.1) is 0 Å². The van der Waals surface area contributed by atoms with E-state index in [2.05, 4.69) is 54.6 Å². The van der Waals surface area contributed by atoms with Crippen LogP contribution in [-0.2, 0) is 12.8 Å². The summed E-state index contributed by atoms with van der Waals surface area (Å²) in [7, 11) is 0. The number of nitrogens with zero attached hydrogens (tertiary/aromatic N) is 1. The lowest BCUT2D eigenvalue weighted by Gasteiger charge is -2.15. The second kappa shape index (κ2) is 6.94. The second-order valence-electron chi connectivity index (χ2n) is 4.72. The van der Waals surface area contributed by atoms with Gasteiger partial charge < -0.3 is 10.6 Å². The first kappa shape index (κ1) is 14.4. The van der Waals surface area contributed by atoms with Crippen molar-refractivity contribution in [3.8, 4) is 0 Å². The van der Waals surface area contributed by atoms with Gasteiger partial charge in [0.25, 0.3) is 0 Å². The fraction of sp³-hybridized carbons (Fsp3) is 0.353. The first-order chi connectivity index (χ1) is 9.78. The van der Waals surface area contributed by atoms with Gasteiger partial charge in [-0.1, -0.05) is 38.1 Å². The molecule has 0 aliphatic heterocycles. The van der Waals surface area contributed by atoms with Gasteiger partial charge in [0.15, 0.2) is 0 Å². The number of aromatic nitrogens is 1. The molecule has 0 bridgehead atoms. The van der Waals surface area contributed by atoms with E-state index >= 15 is 0 Å². The zero-order valence-electron chi connectivity index (χ0n) is 12.5. The van der Waals surface area contributed by atoms with Gasteiger partial charge in [0.2, 0.25) is 0 Å². The highest BCUT2D eigenvalue weighted by Gasteiger charge is 2.07. The zero-order valence-corrected chi connectivity index (χ0v) is 12.5. The summed E-state index contributed by atoms with van der Waals surface area (Å²) in [6, 6.07) is 12.5. The van der Waals surface area contributed by atoms with Gasteiger partial charge in [-0.05, 0) is 43.0 Å². The third-order valence-corrected chi connectivity index (χ3v) is 3.36. The summed E-state index contributed by atoms with van der Waals surface area (Å²) in [5.74, 6) is 1.79. The fourth-order valence-corrected chi connectivity index (χ4v) is 2.32. The van der Waals surface area contributed by atoms with Gasteiger partial charge in [0.05, 0.1) is 0 Å². The Morgan fingerprint density at radius 1 is 0.850 bits per heavy atom. The molecule has 3 heteroatoms. The number of nitrogens with one attached hydrogen (secondary N) is 2. The summed E-state index contributed by atoms with van der Waals surface area (Å²) < 4.78 is 0. The number of benzene rings is 1. The van der Waals surface area contributed by atoms with Gasteiger partial charge >= 0.3 is 0 Å². The van der Waals surface area contributed by atoms with Crippen LogP contribution in [0.15, 0.2) is 36.4 Å². The molecule has 1 aromatic carbocycles.